The third kappa shape index (κ3) is 3.47. The van der Waals surface area contributed by atoms with Crippen LogP contribution in [-0.4, -0.2) is 31.1 Å². The molecule has 0 bridgehead atoms. The van der Waals surface area contributed by atoms with E-state index in [1.165, 1.54) is 0 Å². The fourth-order valence-corrected chi connectivity index (χ4v) is 3.12. The fraction of sp³-hybridized carbons (Fsp3) is 0.0500. The van der Waals surface area contributed by atoms with Crippen LogP contribution in [0.3, 0.4) is 0 Å². The highest BCUT2D eigenvalue weighted by Gasteiger charge is 2.16. The first-order valence-electron chi connectivity index (χ1n) is 8.42. The van der Waals surface area contributed by atoms with Crippen molar-refractivity contribution in [3.63, 3.8) is 0 Å². The Morgan fingerprint density at radius 2 is 1.86 bits per heavy atom. The van der Waals surface area contributed by atoms with Crippen LogP contribution in [0.5, 0.6) is 5.88 Å². The fourth-order valence-electron chi connectivity index (χ4n) is 2.90. The Hall–Kier alpha value is -3.58. The SMILES string of the molecule is O=C(O)Cc1ccc(Nc2nc(-c3ccccc3Cl)nc3c[nH]c(O)c23)cc1. The third-order valence-corrected chi connectivity index (χ3v) is 4.54. The maximum absolute atomic E-state index is 10.8. The number of nitrogens with one attached hydrogen (secondary N) is 2. The van der Waals surface area contributed by atoms with Gasteiger partial charge in [0.2, 0.25) is 5.88 Å². The summed E-state index contributed by atoms with van der Waals surface area (Å²) in [5, 5.41) is 23.2. The number of fused-ring (bicyclic) bond motifs is 1. The van der Waals surface area contributed by atoms with E-state index in [1.54, 1.807) is 36.5 Å². The van der Waals surface area contributed by atoms with E-state index >= 15 is 0 Å². The number of carbonyl (C=O) groups is 1. The number of carboxylic acid groups (broad SMARTS) is 1. The van der Waals surface area contributed by atoms with E-state index in [0.29, 0.717) is 44.4 Å². The Morgan fingerprint density at radius 3 is 2.57 bits per heavy atom. The summed E-state index contributed by atoms with van der Waals surface area (Å²) in [4.78, 5) is 22.6. The third-order valence-electron chi connectivity index (χ3n) is 4.21. The second-order valence-corrected chi connectivity index (χ2v) is 6.57. The van der Waals surface area contributed by atoms with Crippen LogP contribution in [0.25, 0.3) is 22.3 Å². The number of hydrogen-bond acceptors (Lipinski definition) is 5. The highest BCUT2D eigenvalue weighted by atomic mass is 35.5. The maximum atomic E-state index is 10.8. The highest BCUT2D eigenvalue weighted by molar-refractivity contribution is 6.33. The van der Waals surface area contributed by atoms with Crippen molar-refractivity contribution in [1.29, 1.82) is 0 Å². The molecule has 0 radical (unpaired) electrons. The van der Waals surface area contributed by atoms with E-state index in [-0.39, 0.29) is 12.3 Å². The first-order chi connectivity index (χ1) is 13.5. The monoisotopic (exact) mass is 394 g/mol. The summed E-state index contributed by atoms with van der Waals surface area (Å²) >= 11 is 6.28. The lowest BCUT2D eigenvalue weighted by molar-refractivity contribution is -0.136. The lowest BCUT2D eigenvalue weighted by Crippen LogP contribution is -2.01. The molecule has 0 aliphatic heterocycles. The molecule has 4 rings (SSSR count). The summed E-state index contributed by atoms with van der Waals surface area (Å²) in [6.45, 7) is 0. The summed E-state index contributed by atoms with van der Waals surface area (Å²) in [6.07, 6.45) is 1.54. The number of rotatable bonds is 5. The van der Waals surface area contributed by atoms with Crippen LogP contribution in [-0.2, 0) is 11.2 Å². The standard InChI is InChI=1S/C20H15ClN4O3/c21-14-4-2-1-3-13(14)18-24-15-10-22-20(28)17(15)19(25-18)23-12-7-5-11(6-8-12)9-16(26)27/h1-8,10,22,28H,9H2,(H,26,27)(H,23,24,25). The lowest BCUT2D eigenvalue weighted by atomic mass is 10.1. The molecule has 7 nitrogen and oxygen atoms in total. The second kappa shape index (κ2) is 7.21. The minimum atomic E-state index is -0.889. The van der Waals surface area contributed by atoms with Crippen molar-refractivity contribution in [3.05, 3.63) is 65.3 Å². The van der Waals surface area contributed by atoms with Crippen molar-refractivity contribution in [3.8, 4) is 17.3 Å². The maximum Gasteiger partial charge on any atom is 0.307 e. The largest absolute Gasteiger partial charge is 0.494 e. The number of nitrogens with zero attached hydrogens (tertiary/aromatic N) is 2. The summed E-state index contributed by atoms with van der Waals surface area (Å²) in [6, 6.07) is 14.2. The zero-order valence-corrected chi connectivity index (χ0v) is 15.2. The van der Waals surface area contributed by atoms with Gasteiger partial charge in [-0.1, -0.05) is 35.9 Å². The van der Waals surface area contributed by atoms with Gasteiger partial charge in [0.05, 0.1) is 17.0 Å². The first kappa shape index (κ1) is 17.8. The van der Waals surface area contributed by atoms with Crippen LogP contribution in [0.1, 0.15) is 5.56 Å². The van der Waals surface area contributed by atoms with Gasteiger partial charge in [0, 0.05) is 17.4 Å². The molecular weight excluding hydrogens is 380 g/mol. The number of benzene rings is 2. The molecule has 0 fully saturated rings. The molecule has 0 saturated carbocycles. The predicted molar refractivity (Wildman–Crippen MR) is 107 cm³/mol. The molecule has 0 unspecified atom stereocenters. The number of aromatic amines is 1. The zero-order valence-electron chi connectivity index (χ0n) is 14.5. The van der Waals surface area contributed by atoms with Gasteiger partial charge in [0.1, 0.15) is 11.2 Å². The van der Waals surface area contributed by atoms with E-state index in [9.17, 15) is 9.90 Å². The van der Waals surface area contributed by atoms with E-state index in [4.69, 9.17) is 16.7 Å². The van der Waals surface area contributed by atoms with E-state index in [0.717, 1.165) is 0 Å². The summed E-state index contributed by atoms with van der Waals surface area (Å²) in [5.41, 5.74) is 2.59. The average molecular weight is 395 g/mol. The Morgan fingerprint density at radius 1 is 1.11 bits per heavy atom. The minimum Gasteiger partial charge on any atom is -0.494 e. The molecule has 28 heavy (non-hydrogen) atoms. The van der Waals surface area contributed by atoms with Crippen molar-refractivity contribution < 1.29 is 15.0 Å². The van der Waals surface area contributed by atoms with Crippen LogP contribution >= 0.6 is 11.6 Å². The molecule has 2 heterocycles. The molecule has 140 valence electrons. The molecular formula is C20H15ClN4O3. The number of carboxylic acids is 1. The molecule has 2 aromatic heterocycles. The van der Waals surface area contributed by atoms with Gasteiger partial charge in [-0.05, 0) is 29.8 Å². The number of aromatic hydroxyl groups is 1. The van der Waals surface area contributed by atoms with Gasteiger partial charge >= 0.3 is 5.97 Å². The molecule has 0 spiro atoms. The van der Waals surface area contributed by atoms with Gasteiger partial charge in [-0.25, -0.2) is 9.97 Å². The molecule has 0 aliphatic rings. The number of aromatic nitrogens is 3. The van der Waals surface area contributed by atoms with Gasteiger partial charge in [-0.3, -0.25) is 4.79 Å². The smallest absolute Gasteiger partial charge is 0.307 e. The number of anilines is 2. The average Bonchev–Trinajstić information content (AvgIpc) is 3.04. The molecule has 0 atom stereocenters. The molecule has 2 aromatic carbocycles. The van der Waals surface area contributed by atoms with Gasteiger partial charge in [-0.15, -0.1) is 0 Å². The Kier molecular flexibility index (Phi) is 4.58. The minimum absolute atomic E-state index is 0.0483. The van der Waals surface area contributed by atoms with Crippen molar-refractivity contribution in [2.24, 2.45) is 0 Å². The van der Waals surface area contributed by atoms with Crippen molar-refractivity contribution in [2.45, 2.75) is 6.42 Å². The van der Waals surface area contributed by atoms with E-state index in [1.807, 2.05) is 18.2 Å². The van der Waals surface area contributed by atoms with Gasteiger partial charge in [0.25, 0.3) is 0 Å². The summed E-state index contributed by atoms with van der Waals surface area (Å²) < 4.78 is 0. The van der Waals surface area contributed by atoms with Crippen LogP contribution in [0.4, 0.5) is 11.5 Å². The van der Waals surface area contributed by atoms with Gasteiger partial charge < -0.3 is 20.5 Å². The molecule has 4 aromatic rings. The Labute approximate surface area is 164 Å². The van der Waals surface area contributed by atoms with Gasteiger partial charge in [0.15, 0.2) is 5.82 Å². The summed E-state index contributed by atoms with van der Waals surface area (Å²) in [7, 11) is 0. The van der Waals surface area contributed by atoms with Crippen LogP contribution in [0.15, 0.2) is 54.7 Å². The molecule has 8 heteroatoms. The van der Waals surface area contributed by atoms with E-state index < -0.39 is 5.97 Å². The normalized spacial score (nSPS) is 10.9. The van der Waals surface area contributed by atoms with Crippen molar-refractivity contribution in [2.75, 3.05) is 5.32 Å². The Balaban J connectivity index is 1.76. The number of hydrogen-bond donors (Lipinski definition) is 4. The van der Waals surface area contributed by atoms with E-state index in [2.05, 4.69) is 20.3 Å². The van der Waals surface area contributed by atoms with Crippen LogP contribution < -0.4 is 5.32 Å². The predicted octanol–water partition coefficient (Wildman–Crippen LogP) is 4.35. The number of aliphatic carboxylic acids is 1. The quantitative estimate of drug-likeness (QED) is 0.400. The van der Waals surface area contributed by atoms with Crippen LogP contribution in [0, 0.1) is 0 Å². The van der Waals surface area contributed by atoms with Crippen molar-refractivity contribution in [1.82, 2.24) is 15.0 Å². The van der Waals surface area contributed by atoms with Crippen LogP contribution in [0.2, 0.25) is 5.02 Å². The van der Waals surface area contributed by atoms with Crippen molar-refractivity contribution >= 4 is 40.0 Å². The second-order valence-electron chi connectivity index (χ2n) is 6.17. The first-order valence-corrected chi connectivity index (χ1v) is 8.80. The molecule has 4 N–H and O–H groups in total. The Bertz CT molecular complexity index is 1170. The topological polar surface area (TPSA) is 111 Å². The number of H-pyrrole nitrogens is 1. The number of halogens is 1. The summed E-state index contributed by atoms with van der Waals surface area (Å²) in [5.74, 6) is -0.114. The molecule has 0 aliphatic carbocycles. The highest BCUT2D eigenvalue weighted by Crippen LogP contribution is 2.34. The van der Waals surface area contributed by atoms with Gasteiger partial charge in [-0.2, -0.15) is 0 Å². The molecule has 0 amide bonds. The molecule has 0 saturated heterocycles. The zero-order chi connectivity index (χ0) is 19.7. The lowest BCUT2D eigenvalue weighted by Gasteiger charge is -2.10.